The molecule has 1 heterocycles. The van der Waals surface area contributed by atoms with Crippen LogP contribution in [0, 0.1) is 0 Å². The molecular weight excluding hydrogens is 392 g/mol. The molecule has 1 saturated heterocycles. The Morgan fingerprint density at radius 3 is 1.74 bits per heavy atom. The summed E-state index contributed by atoms with van der Waals surface area (Å²) < 4.78 is 10.9. The number of allylic oxidation sites excluding steroid dienone is 2. The molecule has 5 heteroatoms. The molecule has 3 N–H and O–H groups in total. The summed E-state index contributed by atoms with van der Waals surface area (Å²) in [6.45, 7) is 2.48. The van der Waals surface area contributed by atoms with Gasteiger partial charge in [0.25, 0.3) is 0 Å². The lowest BCUT2D eigenvalue weighted by atomic mass is 10.0. The summed E-state index contributed by atoms with van der Waals surface area (Å²) in [4.78, 5) is 0. The maximum atomic E-state index is 10.1. The van der Waals surface area contributed by atoms with Crippen LogP contribution in [0.2, 0.25) is 0 Å². The lowest BCUT2D eigenvalue weighted by molar-refractivity contribution is -0.210. The van der Waals surface area contributed by atoms with E-state index in [2.05, 4.69) is 19.1 Å². The van der Waals surface area contributed by atoms with Crippen molar-refractivity contribution in [2.24, 2.45) is 0 Å². The molecule has 31 heavy (non-hydrogen) atoms. The molecular formula is C26H50O5. The topological polar surface area (TPSA) is 79.2 Å². The van der Waals surface area contributed by atoms with Crippen molar-refractivity contribution in [2.45, 2.75) is 134 Å². The number of hydrogen-bond donors (Lipinski definition) is 3. The van der Waals surface area contributed by atoms with E-state index in [1.807, 2.05) is 0 Å². The van der Waals surface area contributed by atoms with Gasteiger partial charge in [0, 0.05) is 6.61 Å². The maximum absolute atomic E-state index is 10.1. The molecule has 0 bridgehead atoms. The summed E-state index contributed by atoms with van der Waals surface area (Å²) in [5, 5.41) is 29.2. The largest absolute Gasteiger partial charge is 0.394 e. The van der Waals surface area contributed by atoms with Gasteiger partial charge in [0.15, 0.2) is 0 Å². The molecule has 0 aliphatic carbocycles. The molecule has 0 aromatic rings. The van der Waals surface area contributed by atoms with E-state index < -0.39 is 24.4 Å². The molecule has 1 aliphatic rings. The molecule has 0 spiro atoms. The zero-order chi connectivity index (χ0) is 22.6. The molecule has 0 amide bonds. The number of unbranched alkanes of at least 4 members (excludes halogenated alkanes) is 15. The highest BCUT2D eigenvalue weighted by Gasteiger charge is 2.38. The summed E-state index contributed by atoms with van der Waals surface area (Å²) in [5.74, 6) is 0. The van der Waals surface area contributed by atoms with Crippen molar-refractivity contribution in [1.82, 2.24) is 0 Å². The molecule has 0 saturated carbocycles. The van der Waals surface area contributed by atoms with Gasteiger partial charge in [0.1, 0.15) is 24.4 Å². The monoisotopic (exact) mass is 442 g/mol. The second kappa shape index (κ2) is 20.2. The highest BCUT2D eigenvalue weighted by molar-refractivity contribution is 4.87. The smallest absolute Gasteiger partial charge is 0.114 e. The average Bonchev–Trinajstić information content (AvgIpc) is 2.77. The lowest BCUT2D eigenvalue weighted by Gasteiger charge is -2.37. The van der Waals surface area contributed by atoms with Gasteiger partial charge in [-0.3, -0.25) is 0 Å². The van der Waals surface area contributed by atoms with Crippen molar-refractivity contribution in [3.8, 4) is 0 Å². The van der Waals surface area contributed by atoms with Crippen LogP contribution in [0.4, 0.5) is 0 Å². The molecule has 0 radical (unpaired) electrons. The fraction of sp³-hybridized carbons (Fsp3) is 0.923. The van der Waals surface area contributed by atoms with Crippen LogP contribution < -0.4 is 0 Å². The third kappa shape index (κ3) is 14.3. The summed E-state index contributed by atoms with van der Waals surface area (Å²) >= 11 is 0. The van der Waals surface area contributed by atoms with Crippen molar-refractivity contribution >= 4 is 0 Å². The number of ether oxygens (including phenoxy) is 2. The van der Waals surface area contributed by atoms with Gasteiger partial charge in [-0.05, 0) is 26.2 Å². The maximum Gasteiger partial charge on any atom is 0.114 e. The minimum absolute atomic E-state index is 0.101. The van der Waals surface area contributed by atoms with Crippen molar-refractivity contribution in [3.05, 3.63) is 12.2 Å². The van der Waals surface area contributed by atoms with E-state index in [0.717, 1.165) is 12.8 Å². The summed E-state index contributed by atoms with van der Waals surface area (Å²) in [6, 6.07) is 0. The highest BCUT2D eigenvalue weighted by Crippen LogP contribution is 2.19. The minimum Gasteiger partial charge on any atom is -0.394 e. The third-order valence-corrected chi connectivity index (χ3v) is 6.32. The van der Waals surface area contributed by atoms with E-state index in [9.17, 15) is 15.3 Å². The van der Waals surface area contributed by atoms with Crippen LogP contribution in [0.15, 0.2) is 12.2 Å². The summed E-state index contributed by atoms with van der Waals surface area (Å²) in [5.41, 5.74) is 0. The van der Waals surface area contributed by atoms with Crippen LogP contribution in [-0.4, -0.2) is 59.6 Å². The van der Waals surface area contributed by atoms with Crippen LogP contribution in [0.5, 0.6) is 0 Å². The minimum atomic E-state index is -0.970. The standard InChI is InChI=1S/C26H50O5/c1-2-3-4-5-6-7-8-9-10-11-12-13-14-15-16-17-18-19-20-30-26-23(28)22-31-24(21-27)25(26)29/h2-3,23-29H,4-22H2,1H3/b3-2+/t23-,24+,25+,26+/m0/s1. The molecule has 1 aliphatic heterocycles. The Labute approximate surface area is 191 Å². The van der Waals surface area contributed by atoms with E-state index in [1.54, 1.807) is 0 Å². The van der Waals surface area contributed by atoms with E-state index in [1.165, 1.54) is 89.9 Å². The number of hydrogen-bond acceptors (Lipinski definition) is 5. The van der Waals surface area contributed by atoms with Crippen molar-refractivity contribution < 1.29 is 24.8 Å². The van der Waals surface area contributed by atoms with Crippen molar-refractivity contribution in [2.75, 3.05) is 19.8 Å². The molecule has 0 aromatic heterocycles. The van der Waals surface area contributed by atoms with E-state index in [0.29, 0.717) is 6.61 Å². The molecule has 0 unspecified atom stereocenters. The Bertz CT molecular complexity index is 415. The first-order valence-corrected chi connectivity index (χ1v) is 13.0. The van der Waals surface area contributed by atoms with Gasteiger partial charge >= 0.3 is 0 Å². The molecule has 5 nitrogen and oxygen atoms in total. The van der Waals surface area contributed by atoms with Crippen LogP contribution in [0.3, 0.4) is 0 Å². The highest BCUT2D eigenvalue weighted by atomic mass is 16.6. The quantitative estimate of drug-likeness (QED) is 0.176. The van der Waals surface area contributed by atoms with E-state index in [-0.39, 0.29) is 13.2 Å². The lowest BCUT2D eigenvalue weighted by Crippen LogP contribution is -2.55. The fourth-order valence-electron chi connectivity index (χ4n) is 4.27. The molecule has 0 aromatic carbocycles. The van der Waals surface area contributed by atoms with Gasteiger partial charge in [0.05, 0.1) is 13.2 Å². The Kier molecular flexibility index (Phi) is 18.6. The Balaban J connectivity index is 1.80. The van der Waals surface area contributed by atoms with Crippen LogP contribution in [0.25, 0.3) is 0 Å². The van der Waals surface area contributed by atoms with Gasteiger partial charge in [-0.1, -0.05) is 95.6 Å². The molecule has 184 valence electrons. The Morgan fingerprint density at radius 2 is 1.26 bits per heavy atom. The fourth-order valence-corrected chi connectivity index (χ4v) is 4.27. The van der Waals surface area contributed by atoms with Gasteiger partial charge in [-0.2, -0.15) is 0 Å². The van der Waals surface area contributed by atoms with Crippen molar-refractivity contribution in [1.29, 1.82) is 0 Å². The SMILES string of the molecule is C/C=C/CCCCCCCCCCCCCCCCCO[C@H]1[C@H](O)[C@@H](CO)OC[C@@H]1O. The third-order valence-electron chi connectivity index (χ3n) is 6.32. The van der Waals surface area contributed by atoms with Crippen molar-refractivity contribution in [3.63, 3.8) is 0 Å². The number of aliphatic hydroxyl groups is 3. The first kappa shape index (κ1) is 28.6. The predicted molar refractivity (Wildman–Crippen MR) is 127 cm³/mol. The summed E-state index contributed by atoms with van der Waals surface area (Å²) in [6.07, 6.45) is 22.3. The van der Waals surface area contributed by atoms with E-state index in [4.69, 9.17) is 9.47 Å². The number of aliphatic hydroxyl groups excluding tert-OH is 3. The average molecular weight is 443 g/mol. The second-order valence-corrected chi connectivity index (χ2v) is 9.11. The van der Waals surface area contributed by atoms with Crippen LogP contribution in [0.1, 0.15) is 110 Å². The van der Waals surface area contributed by atoms with Gasteiger partial charge in [0.2, 0.25) is 0 Å². The van der Waals surface area contributed by atoms with Crippen LogP contribution >= 0.6 is 0 Å². The first-order valence-electron chi connectivity index (χ1n) is 13.0. The van der Waals surface area contributed by atoms with Crippen LogP contribution in [-0.2, 0) is 9.47 Å². The normalized spacial score (nSPS) is 24.3. The zero-order valence-corrected chi connectivity index (χ0v) is 20.1. The first-order chi connectivity index (χ1) is 15.2. The summed E-state index contributed by atoms with van der Waals surface area (Å²) in [7, 11) is 0. The Hall–Kier alpha value is -0.460. The van der Waals surface area contributed by atoms with Gasteiger partial charge < -0.3 is 24.8 Å². The van der Waals surface area contributed by atoms with E-state index >= 15 is 0 Å². The molecule has 1 fully saturated rings. The number of rotatable bonds is 20. The Morgan fingerprint density at radius 1 is 0.774 bits per heavy atom. The predicted octanol–water partition coefficient (Wildman–Crippen LogP) is 5.30. The zero-order valence-electron chi connectivity index (χ0n) is 20.1. The van der Waals surface area contributed by atoms with Gasteiger partial charge in [-0.25, -0.2) is 0 Å². The molecule has 4 atom stereocenters. The molecule has 1 rings (SSSR count). The van der Waals surface area contributed by atoms with Gasteiger partial charge in [-0.15, -0.1) is 0 Å². The second-order valence-electron chi connectivity index (χ2n) is 9.11.